The Kier molecular flexibility index (Phi) is 6.48. The first-order chi connectivity index (χ1) is 11.4. The highest BCUT2D eigenvalue weighted by Crippen LogP contribution is 2.29. The van der Waals surface area contributed by atoms with Gasteiger partial charge in [-0.25, -0.2) is 4.99 Å². The van der Waals surface area contributed by atoms with Gasteiger partial charge in [0.15, 0.2) is 5.96 Å². The van der Waals surface area contributed by atoms with Crippen molar-refractivity contribution in [3.63, 3.8) is 0 Å². The van der Waals surface area contributed by atoms with E-state index in [0.29, 0.717) is 19.0 Å². The van der Waals surface area contributed by atoms with Crippen LogP contribution >= 0.6 is 0 Å². The zero-order valence-electron chi connectivity index (χ0n) is 13.7. The molecule has 0 aromatic heterocycles. The number of aliphatic imine (C=N–C) groups is 1. The largest absolute Gasteiger partial charge is 0.416 e. The Morgan fingerprint density at radius 3 is 2.33 bits per heavy atom. The summed E-state index contributed by atoms with van der Waals surface area (Å²) in [7, 11) is 0. The first-order valence-corrected chi connectivity index (χ1v) is 8.27. The fourth-order valence-corrected chi connectivity index (χ4v) is 2.70. The summed E-state index contributed by atoms with van der Waals surface area (Å²) in [5.41, 5.74) is 0.0697. The van der Waals surface area contributed by atoms with Gasteiger partial charge in [-0.05, 0) is 50.3 Å². The molecule has 1 aliphatic carbocycles. The molecular weight excluding hydrogens is 319 g/mol. The van der Waals surface area contributed by atoms with E-state index in [1.807, 2.05) is 6.92 Å². The summed E-state index contributed by atoms with van der Waals surface area (Å²) in [6.45, 7) is 2.97. The number of rotatable bonds is 4. The molecule has 3 N–H and O–H groups in total. The van der Waals surface area contributed by atoms with Gasteiger partial charge in [0.1, 0.15) is 0 Å². The minimum atomic E-state index is -4.32. The van der Waals surface area contributed by atoms with Gasteiger partial charge in [-0.3, -0.25) is 0 Å². The fourth-order valence-electron chi connectivity index (χ4n) is 2.70. The van der Waals surface area contributed by atoms with E-state index in [1.165, 1.54) is 12.1 Å². The topological polar surface area (TPSA) is 56.7 Å². The van der Waals surface area contributed by atoms with Gasteiger partial charge < -0.3 is 15.7 Å². The number of hydrogen-bond donors (Lipinski definition) is 3. The monoisotopic (exact) mass is 343 g/mol. The Hall–Kier alpha value is -1.76. The summed E-state index contributed by atoms with van der Waals surface area (Å²) >= 11 is 0. The molecule has 134 valence electrons. The standard InChI is InChI=1S/C17H24F3N3O/c1-2-21-16(23-14-7-9-15(24)10-8-14)22-11-12-3-5-13(6-4-12)17(18,19)20/h3-6,14-15,24H,2,7-11H2,1H3,(H2,21,22,23). The van der Waals surface area contributed by atoms with Crippen LogP contribution in [0.2, 0.25) is 0 Å². The van der Waals surface area contributed by atoms with E-state index in [0.717, 1.165) is 43.4 Å². The van der Waals surface area contributed by atoms with Crippen LogP contribution in [0, 0.1) is 0 Å². The third-order valence-electron chi connectivity index (χ3n) is 4.08. The molecule has 1 saturated carbocycles. The fraction of sp³-hybridized carbons (Fsp3) is 0.588. The summed E-state index contributed by atoms with van der Waals surface area (Å²) in [5, 5.41) is 16.0. The lowest BCUT2D eigenvalue weighted by atomic mass is 9.93. The van der Waals surface area contributed by atoms with Crippen molar-refractivity contribution in [3.05, 3.63) is 35.4 Å². The first-order valence-electron chi connectivity index (χ1n) is 8.27. The number of aliphatic hydroxyl groups excluding tert-OH is 1. The van der Waals surface area contributed by atoms with Crippen molar-refractivity contribution in [1.82, 2.24) is 10.6 Å². The number of halogens is 3. The van der Waals surface area contributed by atoms with Gasteiger partial charge in [-0.1, -0.05) is 12.1 Å². The van der Waals surface area contributed by atoms with Crippen LogP contribution in [0.5, 0.6) is 0 Å². The van der Waals surface area contributed by atoms with Gasteiger partial charge in [0, 0.05) is 12.6 Å². The van der Waals surface area contributed by atoms with Gasteiger partial charge >= 0.3 is 6.18 Å². The highest BCUT2D eigenvalue weighted by Gasteiger charge is 2.29. The molecular formula is C17H24F3N3O. The maximum absolute atomic E-state index is 12.6. The first kappa shape index (κ1) is 18.6. The Bertz CT molecular complexity index is 535. The molecule has 0 aliphatic heterocycles. The number of hydrogen-bond acceptors (Lipinski definition) is 2. The SMILES string of the molecule is CCNC(=NCc1ccc(C(F)(F)F)cc1)NC1CCC(O)CC1. The van der Waals surface area contributed by atoms with Crippen molar-refractivity contribution in [1.29, 1.82) is 0 Å². The summed E-state index contributed by atoms with van der Waals surface area (Å²) in [4.78, 5) is 4.44. The molecule has 1 fully saturated rings. The molecule has 0 unspecified atom stereocenters. The highest BCUT2D eigenvalue weighted by atomic mass is 19.4. The van der Waals surface area contributed by atoms with E-state index < -0.39 is 11.7 Å². The normalized spacial score (nSPS) is 22.3. The van der Waals surface area contributed by atoms with Crippen molar-refractivity contribution in [2.75, 3.05) is 6.54 Å². The average molecular weight is 343 g/mol. The molecule has 0 bridgehead atoms. The summed E-state index contributed by atoms with van der Waals surface area (Å²) in [5.74, 6) is 0.652. The number of nitrogens with zero attached hydrogens (tertiary/aromatic N) is 1. The smallest absolute Gasteiger partial charge is 0.393 e. The molecule has 1 aromatic rings. The molecule has 1 aromatic carbocycles. The second-order valence-corrected chi connectivity index (χ2v) is 6.04. The Labute approximate surface area is 140 Å². The van der Waals surface area contributed by atoms with Gasteiger partial charge in [-0.15, -0.1) is 0 Å². The molecule has 24 heavy (non-hydrogen) atoms. The lowest BCUT2D eigenvalue weighted by Crippen LogP contribution is -2.45. The molecule has 4 nitrogen and oxygen atoms in total. The van der Waals surface area contributed by atoms with Crippen LogP contribution in [-0.2, 0) is 12.7 Å². The van der Waals surface area contributed by atoms with Crippen molar-refractivity contribution in [2.45, 2.75) is 57.5 Å². The Morgan fingerprint density at radius 1 is 1.17 bits per heavy atom. The minimum absolute atomic E-state index is 0.213. The van der Waals surface area contributed by atoms with Gasteiger partial charge in [0.2, 0.25) is 0 Å². The molecule has 0 radical (unpaired) electrons. The van der Waals surface area contributed by atoms with Crippen LogP contribution in [0.15, 0.2) is 29.3 Å². The van der Waals surface area contributed by atoms with Crippen molar-refractivity contribution < 1.29 is 18.3 Å². The van der Waals surface area contributed by atoms with Crippen LogP contribution in [0.1, 0.15) is 43.7 Å². The molecule has 0 saturated heterocycles. The number of nitrogens with one attached hydrogen (secondary N) is 2. The number of alkyl halides is 3. The predicted molar refractivity (Wildman–Crippen MR) is 87.7 cm³/mol. The van der Waals surface area contributed by atoms with Gasteiger partial charge in [-0.2, -0.15) is 13.2 Å². The average Bonchev–Trinajstić information content (AvgIpc) is 2.54. The van der Waals surface area contributed by atoms with Crippen LogP contribution in [0.25, 0.3) is 0 Å². The predicted octanol–water partition coefficient (Wildman–Crippen LogP) is 3.06. The van der Waals surface area contributed by atoms with E-state index in [2.05, 4.69) is 15.6 Å². The van der Waals surface area contributed by atoms with E-state index in [9.17, 15) is 18.3 Å². The van der Waals surface area contributed by atoms with E-state index in [1.54, 1.807) is 0 Å². The number of guanidine groups is 1. The van der Waals surface area contributed by atoms with Gasteiger partial charge in [0.05, 0.1) is 18.2 Å². The van der Waals surface area contributed by atoms with Gasteiger partial charge in [0.25, 0.3) is 0 Å². The van der Waals surface area contributed by atoms with Crippen LogP contribution in [0.3, 0.4) is 0 Å². The van der Waals surface area contributed by atoms with E-state index >= 15 is 0 Å². The van der Waals surface area contributed by atoms with Crippen LogP contribution in [-0.4, -0.2) is 29.8 Å². The number of benzene rings is 1. The second-order valence-electron chi connectivity index (χ2n) is 6.04. The Morgan fingerprint density at radius 2 is 1.79 bits per heavy atom. The lowest BCUT2D eigenvalue weighted by molar-refractivity contribution is -0.137. The van der Waals surface area contributed by atoms with E-state index in [4.69, 9.17) is 0 Å². The zero-order valence-corrected chi connectivity index (χ0v) is 13.7. The molecule has 0 amide bonds. The summed E-state index contributed by atoms with van der Waals surface area (Å²) in [6.07, 6.45) is -1.22. The maximum Gasteiger partial charge on any atom is 0.416 e. The highest BCUT2D eigenvalue weighted by molar-refractivity contribution is 5.80. The van der Waals surface area contributed by atoms with Crippen LogP contribution in [0.4, 0.5) is 13.2 Å². The summed E-state index contributed by atoms with van der Waals surface area (Å²) in [6, 6.07) is 5.32. The van der Waals surface area contributed by atoms with E-state index in [-0.39, 0.29) is 12.1 Å². The molecule has 1 aliphatic rings. The summed E-state index contributed by atoms with van der Waals surface area (Å²) < 4.78 is 37.7. The minimum Gasteiger partial charge on any atom is -0.393 e. The molecule has 0 heterocycles. The zero-order chi connectivity index (χ0) is 17.6. The lowest BCUT2D eigenvalue weighted by Gasteiger charge is -2.27. The second kappa shape index (κ2) is 8.37. The molecule has 0 spiro atoms. The Balaban J connectivity index is 1.95. The molecule has 2 rings (SSSR count). The molecule has 0 atom stereocenters. The van der Waals surface area contributed by atoms with Crippen LogP contribution < -0.4 is 10.6 Å². The third kappa shape index (κ3) is 5.70. The maximum atomic E-state index is 12.6. The third-order valence-corrected chi connectivity index (χ3v) is 4.08. The quantitative estimate of drug-likeness (QED) is 0.582. The van der Waals surface area contributed by atoms with Crippen molar-refractivity contribution >= 4 is 5.96 Å². The number of aliphatic hydroxyl groups is 1. The molecule has 7 heteroatoms. The van der Waals surface area contributed by atoms with Crippen molar-refractivity contribution in [2.24, 2.45) is 4.99 Å². The van der Waals surface area contributed by atoms with Crippen molar-refractivity contribution in [3.8, 4) is 0 Å².